The molecular formula is C22H16BrCl2N2OS-. The fourth-order valence-electron chi connectivity index (χ4n) is 2.83. The number of hydrogen-bond acceptors (Lipinski definition) is 4. The van der Waals surface area contributed by atoms with Crippen molar-refractivity contribution in [2.24, 2.45) is 0 Å². The van der Waals surface area contributed by atoms with E-state index in [0.29, 0.717) is 15.7 Å². The van der Waals surface area contributed by atoms with E-state index >= 15 is 0 Å². The number of nitrogens with one attached hydrogen (secondary N) is 1. The molecule has 1 N–H and O–H groups in total. The summed E-state index contributed by atoms with van der Waals surface area (Å²) in [7, 11) is 1.66. The van der Waals surface area contributed by atoms with Gasteiger partial charge in [0, 0.05) is 5.56 Å². The fourth-order valence-corrected chi connectivity index (χ4v) is 4.32. The lowest BCUT2D eigenvalue weighted by Gasteiger charge is -2.07. The van der Waals surface area contributed by atoms with E-state index in [-0.39, 0.29) is 17.0 Å². The highest BCUT2D eigenvalue weighted by molar-refractivity contribution is 7.19. The molecule has 0 unspecified atom stereocenters. The van der Waals surface area contributed by atoms with Gasteiger partial charge in [-0.05, 0) is 42.0 Å². The number of thiazole rings is 1. The van der Waals surface area contributed by atoms with Crippen LogP contribution in [0.5, 0.6) is 5.75 Å². The van der Waals surface area contributed by atoms with Crippen molar-refractivity contribution in [3.8, 4) is 27.4 Å². The van der Waals surface area contributed by atoms with Crippen LogP contribution in [0.4, 0.5) is 10.8 Å². The molecule has 0 atom stereocenters. The van der Waals surface area contributed by atoms with Crippen molar-refractivity contribution in [1.82, 2.24) is 4.98 Å². The SMILES string of the molecule is COc1ccc(-c2nc(Nc3c(Cl)cccc3Cl)sc2-c2ccccc2)cc1.[Br-]. The highest BCUT2D eigenvalue weighted by Crippen LogP contribution is 2.42. The van der Waals surface area contributed by atoms with E-state index in [9.17, 15) is 0 Å². The summed E-state index contributed by atoms with van der Waals surface area (Å²) in [4.78, 5) is 5.91. The number of halogens is 3. The molecule has 0 fully saturated rings. The molecule has 7 heteroatoms. The molecule has 0 bridgehead atoms. The first-order chi connectivity index (χ1) is 13.7. The van der Waals surface area contributed by atoms with Crippen LogP contribution in [0.2, 0.25) is 10.0 Å². The van der Waals surface area contributed by atoms with Crippen LogP contribution in [0.25, 0.3) is 21.7 Å². The Bertz CT molecular complexity index is 1080. The minimum Gasteiger partial charge on any atom is -1.00 e. The molecule has 0 saturated heterocycles. The summed E-state index contributed by atoms with van der Waals surface area (Å²) in [5, 5.41) is 5.11. The topological polar surface area (TPSA) is 34.1 Å². The van der Waals surface area contributed by atoms with Gasteiger partial charge in [-0.1, -0.05) is 70.9 Å². The predicted molar refractivity (Wildman–Crippen MR) is 119 cm³/mol. The highest BCUT2D eigenvalue weighted by atomic mass is 79.9. The van der Waals surface area contributed by atoms with Gasteiger partial charge in [0.1, 0.15) is 5.75 Å². The molecule has 0 aliphatic carbocycles. The van der Waals surface area contributed by atoms with Gasteiger partial charge in [0.05, 0.1) is 33.4 Å². The fraction of sp³-hybridized carbons (Fsp3) is 0.0455. The number of methoxy groups -OCH3 is 1. The lowest BCUT2D eigenvalue weighted by Crippen LogP contribution is -3.00. The summed E-state index contributed by atoms with van der Waals surface area (Å²) in [6.45, 7) is 0. The van der Waals surface area contributed by atoms with E-state index in [0.717, 1.165) is 32.6 Å². The highest BCUT2D eigenvalue weighted by Gasteiger charge is 2.16. The molecule has 0 amide bonds. The van der Waals surface area contributed by atoms with Gasteiger partial charge in [0.15, 0.2) is 5.13 Å². The number of rotatable bonds is 5. The molecule has 1 heterocycles. The Morgan fingerprint density at radius 2 is 1.48 bits per heavy atom. The molecule has 3 aromatic carbocycles. The Hall–Kier alpha value is -2.05. The summed E-state index contributed by atoms with van der Waals surface area (Å²) in [5.74, 6) is 0.807. The van der Waals surface area contributed by atoms with Gasteiger partial charge in [-0.2, -0.15) is 0 Å². The number of hydrogen-bond donors (Lipinski definition) is 1. The molecule has 0 radical (unpaired) electrons. The molecule has 0 aliphatic rings. The van der Waals surface area contributed by atoms with Gasteiger partial charge in [0.25, 0.3) is 0 Å². The minimum atomic E-state index is 0. The zero-order chi connectivity index (χ0) is 19.5. The third kappa shape index (κ3) is 4.75. The Morgan fingerprint density at radius 3 is 2.10 bits per heavy atom. The first-order valence-corrected chi connectivity index (χ1v) is 10.1. The van der Waals surface area contributed by atoms with Crippen LogP contribution in [-0.4, -0.2) is 12.1 Å². The maximum Gasteiger partial charge on any atom is 0.188 e. The van der Waals surface area contributed by atoms with Crippen molar-refractivity contribution in [2.45, 2.75) is 0 Å². The third-order valence-electron chi connectivity index (χ3n) is 4.22. The smallest absolute Gasteiger partial charge is 0.188 e. The van der Waals surface area contributed by atoms with E-state index < -0.39 is 0 Å². The van der Waals surface area contributed by atoms with Gasteiger partial charge < -0.3 is 27.0 Å². The van der Waals surface area contributed by atoms with Gasteiger partial charge in [-0.3, -0.25) is 0 Å². The van der Waals surface area contributed by atoms with Crippen LogP contribution >= 0.6 is 34.5 Å². The molecular weight excluding hydrogens is 491 g/mol. The molecule has 4 aromatic rings. The van der Waals surface area contributed by atoms with Gasteiger partial charge in [0.2, 0.25) is 0 Å². The minimum absolute atomic E-state index is 0. The van der Waals surface area contributed by atoms with Crippen LogP contribution in [0, 0.1) is 0 Å². The molecule has 3 nitrogen and oxygen atoms in total. The zero-order valence-electron chi connectivity index (χ0n) is 15.3. The second kappa shape index (κ2) is 9.63. The normalized spacial score (nSPS) is 10.3. The lowest BCUT2D eigenvalue weighted by molar-refractivity contribution is -0.00000553. The Labute approximate surface area is 194 Å². The van der Waals surface area contributed by atoms with E-state index in [1.807, 2.05) is 48.5 Å². The first kappa shape index (κ1) is 21.7. The Kier molecular flexibility index (Phi) is 7.19. The van der Waals surface area contributed by atoms with Crippen molar-refractivity contribution < 1.29 is 21.7 Å². The van der Waals surface area contributed by atoms with Gasteiger partial charge >= 0.3 is 0 Å². The number of benzene rings is 3. The molecule has 0 spiro atoms. The molecule has 1 aromatic heterocycles. The van der Waals surface area contributed by atoms with Crippen molar-refractivity contribution in [3.63, 3.8) is 0 Å². The zero-order valence-corrected chi connectivity index (χ0v) is 19.2. The maximum absolute atomic E-state index is 6.31. The van der Waals surface area contributed by atoms with Crippen LogP contribution in [0.1, 0.15) is 0 Å². The standard InChI is InChI=1S/C22H16Cl2N2OS.BrH/c1-27-16-12-10-14(11-13-16)19-21(15-6-3-2-4-7-15)28-22(25-19)26-20-17(23)8-5-9-18(20)24;/h2-13H,1H3,(H,25,26);1H/p-1. The van der Waals surface area contributed by atoms with E-state index in [1.165, 1.54) is 0 Å². The van der Waals surface area contributed by atoms with Crippen molar-refractivity contribution in [2.75, 3.05) is 12.4 Å². The third-order valence-corrected chi connectivity index (χ3v) is 5.87. The number of para-hydroxylation sites is 1. The summed E-state index contributed by atoms with van der Waals surface area (Å²) >= 11 is 14.2. The molecule has 29 heavy (non-hydrogen) atoms. The summed E-state index contributed by atoms with van der Waals surface area (Å²) < 4.78 is 5.27. The average Bonchev–Trinajstić information content (AvgIpc) is 3.15. The quantitative estimate of drug-likeness (QED) is 0.431. The van der Waals surface area contributed by atoms with Gasteiger partial charge in [-0.15, -0.1) is 0 Å². The van der Waals surface area contributed by atoms with Crippen molar-refractivity contribution in [3.05, 3.63) is 82.8 Å². The number of nitrogens with zero attached hydrogens (tertiary/aromatic N) is 1. The summed E-state index contributed by atoms with van der Waals surface area (Å²) in [6.07, 6.45) is 0. The van der Waals surface area contributed by atoms with E-state index in [2.05, 4.69) is 17.4 Å². The maximum atomic E-state index is 6.31. The Balaban J connectivity index is 0.00000240. The molecule has 148 valence electrons. The number of anilines is 2. The van der Waals surface area contributed by atoms with Crippen molar-refractivity contribution in [1.29, 1.82) is 0 Å². The molecule has 4 rings (SSSR count). The largest absolute Gasteiger partial charge is 1.00 e. The van der Waals surface area contributed by atoms with Crippen LogP contribution in [0.3, 0.4) is 0 Å². The second-order valence-electron chi connectivity index (χ2n) is 6.01. The van der Waals surface area contributed by atoms with Crippen LogP contribution < -0.4 is 27.0 Å². The molecule has 0 saturated carbocycles. The molecule has 0 aliphatic heterocycles. The predicted octanol–water partition coefficient (Wildman–Crippen LogP) is 4.54. The van der Waals surface area contributed by atoms with Crippen molar-refractivity contribution >= 4 is 45.4 Å². The monoisotopic (exact) mass is 505 g/mol. The summed E-state index contributed by atoms with van der Waals surface area (Å²) in [6, 6.07) is 23.5. The van der Waals surface area contributed by atoms with E-state index in [1.54, 1.807) is 30.6 Å². The van der Waals surface area contributed by atoms with Crippen LogP contribution in [-0.2, 0) is 0 Å². The number of ether oxygens (including phenoxy) is 1. The Morgan fingerprint density at radius 1 is 0.828 bits per heavy atom. The van der Waals surface area contributed by atoms with Gasteiger partial charge in [-0.25, -0.2) is 4.98 Å². The van der Waals surface area contributed by atoms with E-state index in [4.69, 9.17) is 32.9 Å². The summed E-state index contributed by atoms with van der Waals surface area (Å²) in [5.41, 5.74) is 3.66. The number of aromatic nitrogens is 1. The average molecular weight is 507 g/mol. The second-order valence-corrected chi connectivity index (χ2v) is 7.83. The first-order valence-electron chi connectivity index (χ1n) is 8.57. The lowest BCUT2D eigenvalue weighted by atomic mass is 10.1. The van der Waals surface area contributed by atoms with Crippen LogP contribution in [0.15, 0.2) is 72.8 Å².